The van der Waals surface area contributed by atoms with E-state index in [2.05, 4.69) is 10.2 Å². The molecule has 0 bridgehead atoms. The predicted octanol–water partition coefficient (Wildman–Crippen LogP) is 4.32. The van der Waals surface area contributed by atoms with Crippen LogP contribution in [0.15, 0.2) is 47.6 Å². The average molecular weight is 522 g/mol. The Labute approximate surface area is 218 Å². The van der Waals surface area contributed by atoms with E-state index in [0.29, 0.717) is 67.6 Å². The number of amides is 1. The number of hydrogen-bond donors (Lipinski definition) is 0. The van der Waals surface area contributed by atoms with Gasteiger partial charge in [-0.1, -0.05) is 41.6 Å². The zero-order valence-corrected chi connectivity index (χ0v) is 21.6. The van der Waals surface area contributed by atoms with E-state index in [-0.39, 0.29) is 17.0 Å². The largest absolute Gasteiger partial charge is 0.347 e. The van der Waals surface area contributed by atoms with E-state index in [0.717, 1.165) is 16.5 Å². The summed E-state index contributed by atoms with van der Waals surface area (Å²) in [7, 11) is 0. The topological polar surface area (TPSA) is 82.4 Å². The number of thioether (sulfide) groups is 1. The van der Waals surface area contributed by atoms with Gasteiger partial charge in [0.2, 0.25) is 11.1 Å². The standard InChI is InChI=1S/C27H28FN5O3S/c1-17-7-8-22-20(15-17)23-24(33(22)16-19-5-3-4-6-21(19)28)29-26(31-30-23)37-18(2)25(34)32-11-9-27(10-12-32)35-13-14-36-27/h3-8,15,18H,9-14,16H2,1-2H3. The van der Waals surface area contributed by atoms with Crippen LogP contribution in [0, 0.1) is 12.7 Å². The van der Waals surface area contributed by atoms with Crippen molar-refractivity contribution >= 4 is 39.7 Å². The number of aryl methyl sites for hydroxylation is 1. The molecule has 2 aliphatic heterocycles. The van der Waals surface area contributed by atoms with Crippen LogP contribution in [0.4, 0.5) is 4.39 Å². The molecule has 1 spiro atoms. The van der Waals surface area contributed by atoms with Crippen LogP contribution >= 0.6 is 11.8 Å². The van der Waals surface area contributed by atoms with Gasteiger partial charge in [0.1, 0.15) is 11.3 Å². The Bertz CT molecular complexity index is 1480. The zero-order chi connectivity index (χ0) is 25.6. The van der Waals surface area contributed by atoms with Crippen molar-refractivity contribution in [2.24, 2.45) is 0 Å². The van der Waals surface area contributed by atoms with Crippen molar-refractivity contribution in [2.45, 2.75) is 49.4 Å². The lowest BCUT2D eigenvalue weighted by molar-refractivity contribution is -0.187. The maximum Gasteiger partial charge on any atom is 0.235 e. The molecule has 10 heteroatoms. The van der Waals surface area contributed by atoms with Gasteiger partial charge in [0.15, 0.2) is 11.4 Å². The van der Waals surface area contributed by atoms with Crippen LogP contribution in [0.3, 0.4) is 0 Å². The van der Waals surface area contributed by atoms with Gasteiger partial charge in [-0.3, -0.25) is 4.79 Å². The maximum absolute atomic E-state index is 14.5. The van der Waals surface area contributed by atoms with E-state index < -0.39 is 5.79 Å². The summed E-state index contributed by atoms with van der Waals surface area (Å²) in [6.45, 7) is 6.61. The number of carbonyl (C=O) groups is 1. The van der Waals surface area contributed by atoms with Crippen molar-refractivity contribution in [3.63, 3.8) is 0 Å². The Kier molecular flexibility index (Phi) is 6.34. The van der Waals surface area contributed by atoms with E-state index in [1.807, 2.05) is 47.6 Å². The number of likely N-dealkylation sites (tertiary alicyclic amines) is 1. The number of carbonyl (C=O) groups excluding carboxylic acids is 1. The number of hydrogen-bond acceptors (Lipinski definition) is 7. The quantitative estimate of drug-likeness (QED) is 0.362. The van der Waals surface area contributed by atoms with Crippen LogP contribution in [0.1, 0.15) is 30.9 Å². The molecule has 2 saturated heterocycles. The molecule has 2 aliphatic rings. The van der Waals surface area contributed by atoms with Crippen molar-refractivity contribution < 1.29 is 18.7 Å². The summed E-state index contributed by atoms with van der Waals surface area (Å²) in [6, 6.07) is 12.8. The van der Waals surface area contributed by atoms with Gasteiger partial charge in [0.05, 0.1) is 30.5 Å². The Hall–Kier alpha value is -3.08. The molecule has 0 saturated carbocycles. The molecule has 0 N–H and O–H groups in total. The molecule has 1 amide bonds. The number of nitrogens with zero attached hydrogens (tertiary/aromatic N) is 5. The lowest BCUT2D eigenvalue weighted by atomic mass is 10.0. The molecule has 4 heterocycles. The number of ether oxygens (including phenoxy) is 2. The minimum Gasteiger partial charge on any atom is -0.347 e. The summed E-state index contributed by atoms with van der Waals surface area (Å²) in [5.41, 5.74) is 3.85. The van der Waals surface area contributed by atoms with Crippen LogP contribution < -0.4 is 0 Å². The second-order valence-electron chi connectivity index (χ2n) is 9.66. The number of fused-ring (bicyclic) bond motifs is 3. The summed E-state index contributed by atoms with van der Waals surface area (Å²) < 4.78 is 28.1. The SMILES string of the molecule is Cc1ccc2c(c1)c1nnc(SC(C)C(=O)N3CCC4(CC3)OCCO4)nc1n2Cc1ccccc1F. The molecule has 6 rings (SSSR count). The molecule has 2 fully saturated rings. The molecule has 1 unspecified atom stereocenters. The molecule has 192 valence electrons. The van der Waals surface area contributed by atoms with Crippen molar-refractivity contribution in [2.75, 3.05) is 26.3 Å². The van der Waals surface area contributed by atoms with Crippen molar-refractivity contribution in [3.8, 4) is 0 Å². The van der Waals surface area contributed by atoms with Crippen LogP contribution in [0.5, 0.6) is 0 Å². The molecule has 0 aliphatic carbocycles. The van der Waals surface area contributed by atoms with Gasteiger partial charge in [-0.25, -0.2) is 9.37 Å². The van der Waals surface area contributed by atoms with E-state index in [1.54, 1.807) is 12.1 Å². The van der Waals surface area contributed by atoms with Gasteiger partial charge in [0.25, 0.3) is 0 Å². The fraction of sp³-hybridized carbons (Fsp3) is 0.407. The summed E-state index contributed by atoms with van der Waals surface area (Å²) in [5, 5.41) is 9.81. The maximum atomic E-state index is 14.5. The highest BCUT2D eigenvalue weighted by atomic mass is 32.2. The minimum absolute atomic E-state index is 0.0315. The van der Waals surface area contributed by atoms with E-state index in [4.69, 9.17) is 14.5 Å². The van der Waals surface area contributed by atoms with Gasteiger partial charge < -0.3 is 18.9 Å². The van der Waals surface area contributed by atoms with Crippen molar-refractivity contribution in [1.82, 2.24) is 24.6 Å². The molecule has 37 heavy (non-hydrogen) atoms. The second-order valence-corrected chi connectivity index (χ2v) is 11.0. The van der Waals surface area contributed by atoms with E-state index >= 15 is 0 Å². The van der Waals surface area contributed by atoms with Crippen LogP contribution in [0.25, 0.3) is 22.1 Å². The molecular formula is C27H28FN5O3S. The van der Waals surface area contributed by atoms with E-state index in [9.17, 15) is 9.18 Å². The number of halogens is 1. The Morgan fingerprint density at radius 2 is 1.89 bits per heavy atom. The lowest BCUT2D eigenvalue weighted by Crippen LogP contribution is -2.49. The molecule has 2 aromatic heterocycles. The molecule has 8 nitrogen and oxygen atoms in total. The summed E-state index contributed by atoms with van der Waals surface area (Å²) >= 11 is 1.29. The second kappa shape index (κ2) is 9.66. The number of benzene rings is 2. The van der Waals surface area contributed by atoms with Gasteiger partial charge in [0, 0.05) is 36.9 Å². The van der Waals surface area contributed by atoms with Crippen molar-refractivity contribution in [3.05, 3.63) is 59.4 Å². The first kappa shape index (κ1) is 24.3. The Morgan fingerprint density at radius 1 is 1.14 bits per heavy atom. The smallest absolute Gasteiger partial charge is 0.235 e. The number of rotatable bonds is 5. The highest BCUT2D eigenvalue weighted by Gasteiger charge is 2.41. The minimum atomic E-state index is -0.519. The van der Waals surface area contributed by atoms with Crippen LogP contribution in [-0.2, 0) is 20.8 Å². The van der Waals surface area contributed by atoms with Crippen LogP contribution in [-0.4, -0.2) is 67.9 Å². The Morgan fingerprint density at radius 3 is 2.65 bits per heavy atom. The zero-order valence-electron chi connectivity index (χ0n) is 20.8. The summed E-state index contributed by atoms with van der Waals surface area (Å²) in [6.07, 6.45) is 1.35. The normalized spacial score (nSPS) is 18.2. The monoisotopic (exact) mass is 521 g/mol. The Balaban J connectivity index is 1.27. The first-order valence-electron chi connectivity index (χ1n) is 12.5. The summed E-state index contributed by atoms with van der Waals surface area (Å²) in [5.74, 6) is -0.754. The third kappa shape index (κ3) is 4.58. The molecular weight excluding hydrogens is 493 g/mol. The highest BCUT2D eigenvalue weighted by Crippen LogP contribution is 2.33. The van der Waals surface area contributed by atoms with Gasteiger partial charge in [-0.2, -0.15) is 0 Å². The lowest BCUT2D eigenvalue weighted by Gasteiger charge is -2.38. The highest BCUT2D eigenvalue weighted by molar-refractivity contribution is 8.00. The van der Waals surface area contributed by atoms with Gasteiger partial charge >= 0.3 is 0 Å². The first-order valence-corrected chi connectivity index (χ1v) is 13.4. The van der Waals surface area contributed by atoms with Gasteiger partial charge in [-0.05, 0) is 32.0 Å². The molecule has 0 radical (unpaired) electrons. The fourth-order valence-electron chi connectivity index (χ4n) is 5.18. The number of piperidine rings is 1. The first-order chi connectivity index (χ1) is 17.9. The van der Waals surface area contributed by atoms with Crippen molar-refractivity contribution in [1.29, 1.82) is 0 Å². The third-order valence-electron chi connectivity index (χ3n) is 7.17. The third-order valence-corrected chi connectivity index (χ3v) is 8.11. The van der Waals surface area contributed by atoms with Gasteiger partial charge in [-0.15, -0.1) is 10.2 Å². The molecule has 1 atom stereocenters. The molecule has 4 aromatic rings. The van der Waals surface area contributed by atoms with Crippen LogP contribution in [0.2, 0.25) is 0 Å². The number of aromatic nitrogens is 4. The summed E-state index contributed by atoms with van der Waals surface area (Å²) in [4.78, 5) is 19.9. The average Bonchev–Trinajstić information content (AvgIpc) is 3.47. The van der Waals surface area contributed by atoms with E-state index in [1.165, 1.54) is 17.8 Å². The predicted molar refractivity (Wildman–Crippen MR) is 139 cm³/mol. The molecule has 2 aromatic carbocycles. The fourth-order valence-corrected chi connectivity index (χ4v) is 5.97.